The summed E-state index contributed by atoms with van der Waals surface area (Å²) in [5, 5.41) is 0. The molecule has 1 fully saturated rings. The molecule has 5 rings (SSSR count). The maximum absolute atomic E-state index is 14.4. The first-order valence-electron chi connectivity index (χ1n) is 10.9. The first kappa shape index (κ1) is 22.3. The number of likely N-dealkylation sites (N-methyl/N-ethyl adjacent to an activating group) is 1. The van der Waals surface area contributed by atoms with Gasteiger partial charge in [0.15, 0.2) is 0 Å². The Balaban J connectivity index is 1.69. The van der Waals surface area contributed by atoms with E-state index >= 15 is 0 Å². The topological polar surface area (TPSA) is 74.8 Å². The lowest BCUT2D eigenvalue weighted by molar-refractivity contribution is -0.137. The van der Waals surface area contributed by atoms with Crippen LogP contribution in [0.2, 0.25) is 0 Å². The molecule has 174 valence electrons. The van der Waals surface area contributed by atoms with Crippen LogP contribution in [0.3, 0.4) is 0 Å². The number of fused-ring (bicyclic) bond motifs is 2. The van der Waals surface area contributed by atoms with E-state index in [4.69, 9.17) is 0 Å². The third-order valence-corrected chi connectivity index (χ3v) is 8.75. The molecule has 0 saturated carbocycles. The second-order valence-electron chi connectivity index (χ2n) is 8.88. The summed E-state index contributed by atoms with van der Waals surface area (Å²) in [7, 11) is -2.55. The third kappa shape index (κ3) is 3.16. The lowest BCUT2D eigenvalue weighted by Gasteiger charge is -2.44. The Morgan fingerprint density at radius 1 is 0.971 bits per heavy atom. The highest BCUT2D eigenvalue weighted by Crippen LogP contribution is 2.54. The molecule has 0 bridgehead atoms. The Labute approximate surface area is 197 Å². The van der Waals surface area contributed by atoms with E-state index in [-0.39, 0.29) is 23.8 Å². The molecule has 3 aromatic rings. The van der Waals surface area contributed by atoms with Gasteiger partial charge >= 0.3 is 0 Å². The van der Waals surface area contributed by atoms with Gasteiger partial charge in [-0.1, -0.05) is 48.0 Å². The number of benzene rings is 3. The van der Waals surface area contributed by atoms with Gasteiger partial charge < -0.3 is 4.90 Å². The van der Waals surface area contributed by atoms with E-state index in [1.54, 1.807) is 31.3 Å². The summed E-state index contributed by atoms with van der Waals surface area (Å²) in [6.45, 7) is 1.62. The van der Waals surface area contributed by atoms with Gasteiger partial charge in [-0.15, -0.1) is 0 Å². The number of carbonyl (C=O) groups excluding carboxylic acids is 2. The van der Waals surface area contributed by atoms with Gasteiger partial charge in [-0.2, -0.15) is 0 Å². The van der Waals surface area contributed by atoms with Crippen molar-refractivity contribution in [3.05, 3.63) is 95.3 Å². The highest BCUT2D eigenvalue weighted by atomic mass is 32.2. The average Bonchev–Trinajstić information content (AvgIpc) is 3.01. The minimum atomic E-state index is -4.15. The molecule has 2 amide bonds. The van der Waals surface area contributed by atoms with Crippen LogP contribution in [-0.2, 0) is 25.0 Å². The van der Waals surface area contributed by atoms with Crippen LogP contribution in [-0.4, -0.2) is 38.1 Å². The highest BCUT2D eigenvalue weighted by molar-refractivity contribution is 7.89. The molecule has 2 aliphatic rings. The number of nitrogens with zero attached hydrogens (tertiary/aromatic N) is 2. The van der Waals surface area contributed by atoms with Gasteiger partial charge in [-0.25, -0.2) is 17.1 Å². The summed E-state index contributed by atoms with van der Waals surface area (Å²) in [5.74, 6) is -2.24. The van der Waals surface area contributed by atoms with Crippen LogP contribution in [0, 0.1) is 12.7 Å². The van der Waals surface area contributed by atoms with Crippen LogP contribution in [0.25, 0.3) is 0 Å². The molecule has 3 aromatic carbocycles. The van der Waals surface area contributed by atoms with Crippen LogP contribution >= 0.6 is 0 Å². The fourth-order valence-corrected chi connectivity index (χ4v) is 6.62. The molecule has 1 spiro atoms. The number of anilines is 1. The van der Waals surface area contributed by atoms with Crippen LogP contribution < -0.4 is 4.90 Å². The minimum Gasteiger partial charge on any atom is -0.314 e. The Morgan fingerprint density at radius 3 is 2.32 bits per heavy atom. The molecule has 0 radical (unpaired) electrons. The predicted octanol–water partition coefficient (Wildman–Crippen LogP) is 3.75. The largest absolute Gasteiger partial charge is 0.314 e. The summed E-state index contributed by atoms with van der Waals surface area (Å²) in [4.78, 5) is 28.6. The number of halogens is 1. The van der Waals surface area contributed by atoms with Crippen molar-refractivity contribution in [3.63, 3.8) is 0 Å². The number of carbonyl (C=O) groups is 2. The standard InChI is InChI=1S/C26H23FN2O4S/c1-17-8-11-20(12-9-17)34(32,33)29-16-22(18-6-4-3-5-7-18)26(15-24(29)30)21-14-19(27)10-13-23(21)28(2)25(26)31/h3-14,22H,15-16H2,1-2H3/t22-,26-/m0/s1. The first-order valence-corrected chi connectivity index (χ1v) is 12.4. The number of aryl methyl sites for hydroxylation is 1. The molecule has 34 heavy (non-hydrogen) atoms. The Kier molecular flexibility index (Phi) is 5.09. The Morgan fingerprint density at radius 2 is 1.65 bits per heavy atom. The maximum atomic E-state index is 14.4. The van der Waals surface area contributed by atoms with Crippen molar-refractivity contribution in [2.45, 2.75) is 29.6 Å². The quantitative estimate of drug-likeness (QED) is 0.575. The van der Waals surface area contributed by atoms with Crippen molar-refractivity contribution in [2.24, 2.45) is 0 Å². The summed E-state index contributed by atoms with van der Waals surface area (Å²) < 4.78 is 42.2. The zero-order valence-corrected chi connectivity index (χ0v) is 19.5. The minimum absolute atomic E-state index is 0.00974. The number of hydrogen-bond acceptors (Lipinski definition) is 4. The molecular weight excluding hydrogens is 455 g/mol. The van der Waals surface area contributed by atoms with Gasteiger partial charge in [0, 0.05) is 31.6 Å². The van der Waals surface area contributed by atoms with Crippen molar-refractivity contribution in [1.82, 2.24) is 4.31 Å². The summed E-state index contributed by atoms with van der Waals surface area (Å²) in [6.07, 6.45) is -0.378. The normalized spacial score (nSPS) is 22.4. The van der Waals surface area contributed by atoms with E-state index in [9.17, 15) is 22.4 Å². The second kappa shape index (κ2) is 7.77. The van der Waals surface area contributed by atoms with E-state index in [1.807, 2.05) is 25.1 Å². The summed E-state index contributed by atoms with van der Waals surface area (Å²) >= 11 is 0. The van der Waals surface area contributed by atoms with E-state index in [0.717, 1.165) is 9.87 Å². The number of sulfonamides is 1. The fourth-order valence-electron chi connectivity index (χ4n) is 5.21. The number of amides is 2. The van der Waals surface area contributed by atoms with Gasteiger partial charge in [0.2, 0.25) is 11.8 Å². The van der Waals surface area contributed by atoms with Gasteiger partial charge in [0.25, 0.3) is 10.0 Å². The number of piperidine rings is 1. The van der Waals surface area contributed by atoms with Gasteiger partial charge in [0.1, 0.15) is 5.82 Å². The average molecular weight is 479 g/mol. The molecule has 1 saturated heterocycles. The van der Waals surface area contributed by atoms with Crippen LogP contribution in [0.5, 0.6) is 0 Å². The van der Waals surface area contributed by atoms with Crippen LogP contribution in [0.15, 0.2) is 77.7 Å². The number of hydrogen-bond donors (Lipinski definition) is 0. The predicted molar refractivity (Wildman–Crippen MR) is 125 cm³/mol. The monoisotopic (exact) mass is 478 g/mol. The zero-order valence-electron chi connectivity index (χ0n) is 18.7. The van der Waals surface area contributed by atoms with E-state index < -0.39 is 33.1 Å². The molecule has 0 aromatic heterocycles. The summed E-state index contributed by atoms with van der Waals surface area (Å²) in [6, 6.07) is 19.4. The fraction of sp³-hybridized carbons (Fsp3) is 0.231. The van der Waals surface area contributed by atoms with E-state index in [1.165, 1.54) is 35.2 Å². The lowest BCUT2D eigenvalue weighted by Crippen LogP contribution is -2.56. The van der Waals surface area contributed by atoms with Crippen molar-refractivity contribution >= 4 is 27.5 Å². The van der Waals surface area contributed by atoms with Gasteiger partial charge in [-0.3, -0.25) is 9.59 Å². The third-order valence-electron chi connectivity index (χ3n) is 6.95. The SMILES string of the molecule is Cc1ccc(S(=O)(=O)N2C[C@@H](c3ccccc3)[C@@]3(CC2=O)C(=O)N(C)c2ccc(F)cc23)cc1. The molecule has 0 aliphatic carbocycles. The van der Waals surface area contributed by atoms with Gasteiger partial charge in [-0.05, 0) is 48.4 Å². The maximum Gasteiger partial charge on any atom is 0.266 e. The molecule has 8 heteroatoms. The Bertz CT molecular complexity index is 1410. The molecule has 0 N–H and O–H groups in total. The van der Waals surface area contributed by atoms with Crippen molar-refractivity contribution in [2.75, 3.05) is 18.5 Å². The molecule has 0 unspecified atom stereocenters. The van der Waals surface area contributed by atoms with Crippen molar-refractivity contribution in [3.8, 4) is 0 Å². The molecule has 2 atom stereocenters. The Hall–Kier alpha value is -3.52. The van der Waals surface area contributed by atoms with Crippen molar-refractivity contribution in [1.29, 1.82) is 0 Å². The molecule has 2 heterocycles. The van der Waals surface area contributed by atoms with Crippen molar-refractivity contribution < 1.29 is 22.4 Å². The summed E-state index contributed by atoms with van der Waals surface area (Å²) in [5.41, 5.74) is 1.13. The molecule has 2 aliphatic heterocycles. The van der Waals surface area contributed by atoms with Crippen LogP contribution in [0.1, 0.15) is 29.0 Å². The zero-order chi connectivity index (χ0) is 24.3. The molecule has 6 nitrogen and oxygen atoms in total. The van der Waals surface area contributed by atoms with E-state index in [2.05, 4.69) is 0 Å². The first-order chi connectivity index (χ1) is 16.2. The lowest BCUT2D eigenvalue weighted by atomic mass is 9.64. The van der Waals surface area contributed by atoms with Crippen LogP contribution in [0.4, 0.5) is 10.1 Å². The van der Waals surface area contributed by atoms with E-state index in [0.29, 0.717) is 16.8 Å². The number of rotatable bonds is 3. The molecular formula is C26H23FN2O4S. The van der Waals surface area contributed by atoms with Gasteiger partial charge in [0.05, 0.1) is 10.3 Å². The second-order valence-corrected chi connectivity index (χ2v) is 10.7. The highest BCUT2D eigenvalue weighted by Gasteiger charge is 2.60. The smallest absolute Gasteiger partial charge is 0.266 e.